The minimum Gasteiger partial charge on any atom is -0.326 e. The van der Waals surface area contributed by atoms with Gasteiger partial charge in [-0.1, -0.05) is 49.7 Å². The van der Waals surface area contributed by atoms with Crippen molar-refractivity contribution in [3.8, 4) is 0 Å². The van der Waals surface area contributed by atoms with Crippen molar-refractivity contribution in [2.24, 2.45) is 0 Å². The van der Waals surface area contributed by atoms with E-state index in [0.29, 0.717) is 23.2 Å². The maximum absolute atomic E-state index is 12.2. The fourth-order valence-corrected chi connectivity index (χ4v) is 2.86. The van der Waals surface area contributed by atoms with Crippen LogP contribution in [0.5, 0.6) is 0 Å². The van der Waals surface area contributed by atoms with E-state index in [1.165, 1.54) is 6.92 Å². The van der Waals surface area contributed by atoms with Crippen LogP contribution < -0.4 is 10.2 Å². The molecule has 0 aliphatic carbocycles. The van der Waals surface area contributed by atoms with Crippen LogP contribution in [0.1, 0.15) is 38.7 Å². The van der Waals surface area contributed by atoms with Gasteiger partial charge in [-0.25, -0.2) is 0 Å². The van der Waals surface area contributed by atoms with Gasteiger partial charge in [-0.3, -0.25) is 9.59 Å². The highest BCUT2D eigenvalue weighted by Crippen LogP contribution is 2.27. The summed E-state index contributed by atoms with van der Waals surface area (Å²) in [5.74, 6) is 0.0533. The Kier molecular flexibility index (Phi) is 6.59. The lowest BCUT2D eigenvalue weighted by atomic mass is 10.0. The summed E-state index contributed by atoms with van der Waals surface area (Å²) in [6, 6.07) is 14.8. The fraction of sp³-hybridized carbons (Fsp3) is 0.300. The average molecular weight is 359 g/mol. The van der Waals surface area contributed by atoms with Crippen LogP contribution in [0, 0.1) is 0 Å². The molecule has 0 saturated heterocycles. The number of nitrogens with one attached hydrogen (secondary N) is 1. The first kappa shape index (κ1) is 19.0. The van der Waals surface area contributed by atoms with Crippen molar-refractivity contribution in [3.05, 3.63) is 59.1 Å². The van der Waals surface area contributed by atoms with Gasteiger partial charge in [-0.05, 0) is 35.7 Å². The lowest BCUT2D eigenvalue weighted by molar-refractivity contribution is -0.117. The van der Waals surface area contributed by atoms with Gasteiger partial charge < -0.3 is 10.2 Å². The number of para-hydroxylation sites is 1. The van der Waals surface area contributed by atoms with Gasteiger partial charge in [0.25, 0.3) is 0 Å². The summed E-state index contributed by atoms with van der Waals surface area (Å²) in [6.07, 6.45) is 0.207. The fourth-order valence-electron chi connectivity index (χ4n) is 2.67. The minimum atomic E-state index is -0.157. The van der Waals surface area contributed by atoms with Gasteiger partial charge in [0.2, 0.25) is 11.8 Å². The number of nitrogens with zero attached hydrogens (tertiary/aromatic N) is 1. The Morgan fingerprint density at radius 1 is 1.12 bits per heavy atom. The van der Waals surface area contributed by atoms with Gasteiger partial charge in [0, 0.05) is 36.3 Å². The quantitative estimate of drug-likeness (QED) is 0.802. The second-order valence-electron chi connectivity index (χ2n) is 6.19. The number of amides is 2. The third-order valence-corrected chi connectivity index (χ3v) is 4.14. The average Bonchev–Trinajstić information content (AvgIpc) is 2.55. The van der Waals surface area contributed by atoms with E-state index in [4.69, 9.17) is 11.6 Å². The highest BCUT2D eigenvalue weighted by Gasteiger charge is 2.17. The zero-order valence-corrected chi connectivity index (χ0v) is 15.5. The third kappa shape index (κ3) is 5.33. The number of halogens is 1. The Hall–Kier alpha value is -2.33. The first-order valence-corrected chi connectivity index (χ1v) is 8.68. The second kappa shape index (κ2) is 8.67. The molecule has 132 valence electrons. The number of anilines is 2. The first-order chi connectivity index (χ1) is 11.9. The molecule has 2 amide bonds. The van der Waals surface area contributed by atoms with Crippen molar-refractivity contribution in [2.75, 3.05) is 16.8 Å². The van der Waals surface area contributed by atoms with Crippen molar-refractivity contribution >= 4 is 34.8 Å². The summed E-state index contributed by atoms with van der Waals surface area (Å²) in [4.78, 5) is 26.0. The molecule has 4 nitrogen and oxygen atoms in total. The van der Waals surface area contributed by atoms with Crippen LogP contribution in [-0.2, 0) is 9.59 Å². The van der Waals surface area contributed by atoms with E-state index in [9.17, 15) is 9.59 Å². The number of hydrogen-bond donors (Lipinski definition) is 1. The second-order valence-corrected chi connectivity index (χ2v) is 6.63. The molecule has 5 heteroatoms. The van der Waals surface area contributed by atoms with Crippen LogP contribution >= 0.6 is 11.6 Å². The molecule has 2 rings (SSSR count). The zero-order chi connectivity index (χ0) is 18.4. The van der Waals surface area contributed by atoms with Crippen LogP contribution in [0.4, 0.5) is 11.4 Å². The predicted molar refractivity (Wildman–Crippen MR) is 103 cm³/mol. The minimum absolute atomic E-state index is 0.0799. The Morgan fingerprint density at radius 2 is 1.84 bits per heavy atom. The normalized spacial score (nSPS) is 10.6. The van der Waals surface area contributed by atoms with Crippen LogP contribution in [0.3, 0.4) is 0 Å². The molecule has 0 bridgehead atoms. The lowest BCUT2D eigenvalue weighted by Gasteiger charge is -2.25. The van der Waals surface area contributed by atoms with Gasteiger partial charge >= 0.3 is 0 Å². The van der Waals surface area contributed by atoms with Gasteiger partial charge in [-0.15, -0.1) is 0 Å². The highest BCUT2D eigenvalue weighted by atomic mass is 35.5. The summed E-state index contributed by atoms with van der Waals surface area (Å²) in [6.45, 7) is 6.02. The van der Waals surface area contributed by atoms with Gasteiger partial charge in [-0.2, -0.15) is 0 Å². The van der Waals surface area contributed by atoms with E-state index in [0.717, 1.165) is 11.3 Å². The summed E-state index contributed by atoms with van der Waals surface area (Å²) in [5, 5.41) is 3.37. The standard InChI is InChI=1S/C20H23ClN2O2/c1-14(2)18-9-4-5-10-19(18)23(15(3)24)12-11-20(25)22-17-8-6-7-16(21)13-17/h4-10,13-14H,11-12H2,1-3H3,(H,22,25). The van der Waals surface area contributed by atoms with E-state index >= 15 is 0 Å². The maximum atomic E-state index is 12.2. The first-order valence-electron chi connectivity index (χ1n) is 8.31. The third-order valence-electron chi connectivity index (χ3n) is 3.90. The van der Waals surface area contributed by atoms with E-state index < -0.39 is 0 Å². The summed E-state index contributed by atoms with van der Waals surface area (Å²) < 4.78 is 0. The number of carbonyl (C=O) groups excluding carboxylic acids is 2. The van der Waals surface area contributed by atoms with E-state index in [-0.39, 0.29) is 18.2 Å². The van der Waals surface area contributed by atoms with E-state index in [1.54, 1.807) is 29.2 Å². The number of carbonyl (C=O) groups is 2. The molecule has 0 unspecified atom stereocenters. The molecule has 0 aliphatic rings. The Labute approximate surface area is 153 Å². The Morgan fingerprint density at radius 3 is 2.48 bits per heavy atom. The smallest absolute Gasteiger partial charge is 0.226 e. The molecular formula is C20H23ClN2O2. The van der Waals surface area contributed by atoms with Crippen molar-refractivity contribution in [1.82, 2.24) is 0 Å². The largest absolute Gasteiger partial charge is 0.326 e. The number of hydrogen-bond acceptors (Lipinski definition) is 2. The predicted octanol–water partition coefficient (Wildman–Crippen LogP) is 4.85. The molecule has 0 fully saturated rings. The molecule has 0 aliphatic heterocycles. The lowest BCUT2D eigenvalue weighted by Crippen LogP contribution is -2.32. The highest BCUT2D eigenvalue weighted by molar-refractivity contribution is 6.30. The molecule has 0 aromatic heterocycles. The van der Waals surface area contributed by atoms with Crippen molar-refractivity contribution in [2.45, 2.75) is 33.1 Å². The molecule has 0 saturated carbocycles. The molecule has 25 heavy (non-hydrogen) atoms. The Balaban J connectivity index is 2.08. The number of benzene rings is 2. The summed E-state index contributed by atoms with van der Waals surface area (Å²) in [5.41, 5.74) is 2.60. The van der Waals surface area contributed by atoms with Crippen LogP contribution in [-0.4, -0.2) is 18.4 Å². The number of rotatable bonds is 6. The SMILES string of the molecule is CC(=O)N(CCC(=O)Nc1cccc(Cl)c1)c1ccccc1C(C)C. The monoisotopic (exact) mass is 358 g/mol. The van der Waals surface area contributed by atoms with E-state index in [2.05, 4.69) is 19.2 Å². The molecule has 2 aromatic rings. The molecule has 1 N–H and O–H groups in total. The van der Waals surface area contributed by atoms with Gasteiger partial charge in [0.1, 0.15) is 0 Å². The van der Waals surface area contributed by atoms with Crippen LogP contribution in [0.2, 0.25) is 5.02 Å². The van der Waals surface area contributed by atoms with Crippen molar-refractivity contribution in [3.63, 3.8) is 0 Å². The zero-order valence-electron chi connectivity index (χ0n) is 14.8. The van der Waals surface area contributed by atoms with Gasteiger partial charge in [0.05, 0.1) is 0 Å². The van der Waals surface area contributed by atoms with Crippen LogP contribution in [0.15, 0.2) is 48.5 Å². The molecule has 2 aromatic carbocycles. The van der Waals surface area contributed by atoms with Crippen LogP contribution in [0.25, 0.3) is 0 Å². The molecule has 0 spiro atoms. The molecular weight excluding hydrogens is 336 g/mol. The summed E-state index contributed by atoms with van der Waals surface area (Å²) >= 11 is 5.92. The van der Waals surface area contributed by atoms with Gasteiger partial charge in [0.15, 0.2) is 0 Å². The van der Waals surface area contributed by atoms with Crippen molar-refractivity contribution < 1.29 is 9.59 Å². The maximum Gasteiger partial charge on any atom is 0.226 e. The molecule has 0 atom stereocenters. The molecule has 0 heterocycles. The summed E-state index contributed by atoms with van der Waals surface area (Å²) in [7, 11) is 0. The molecule has 0 radical (unpaired) electrons. The van der Waals surface area contributed by atoms with E-state index in [1.807, 2.05) is 24.3 Å². The van der Waals surface area contributed by atoms with Crippen molar-refractivity contribution in [1.29, 1.82) is 0 Å². The Bertz CT molecular complexity index is 759. The topological polar surface area (TPSA) is 49.4 Å².